The second-order valence-electron chi connectivity index (χ2n) is 3.15. The SMILES string of the molecule is CC(=O)Nc1cc(O)c([As](=O)(O)O)cc1N. The monoisotopic (exact) mass is 290 g/mol. The molecule has 1 rings (SSSR count). The molecule has 0 heterocycles. The van der Waals surface area contributed by atoms with Crippen molar-refractivity contribution in [2.24, 2.45) is 0 Å². The third-order valence-corrected chi connectivity index (χ3v) is 3.84. The minimum atomic E-state index is -5.20. The van der Waals surface area contributed by atoms with Gasteiger partial charge in [0.1, 0.15) is 0 Å². The number of hydrogen-bond donors (Lipinski definition) is 5. The maximum atomic E-state index is 11.0. The summed E-state index contributed by atoms with van der Waals surface area (Å²) < 4.78 is 28.4. The van der Waals surface area contributed by atoms with E-state index in [-0.39, 0.29) is 11.4 Å². The average Bonchev–Trinajstić information content (AvgIpc) is 2.07. The van der Waals surface area contributed by atoms with Crippen molar-refractivity contribution in [3.8, 4) is 5.75 Å². The Morgan fingerprint density at radius 2 is 2.00 bits per heavy atom. The molecule has 8 heteroatoms. The summed E-state index contributed by atoms with van der Waals surface area (Å²) >= 11 is -5.20. The molecular weight excluding hydrogens is 279 g/mol. The molecule has 6 N–H and O–H groups in total. The first-order valence-corrected chi connectivity index (χ1v) is 7.56. The van der Waals surface area contributed by atoms with E-state index in [4.69, 9.17) is 13.9 Å². The summed E-state index contributed by atoms with van der Waals surface area (Å²) in [6.07, 6.45) is 0. The molecule has 16 heavy (non-hydrogen) atoms. The fourth-order valence-electron chi connectivity index (χ4n) is 1.12. The van der Waals surface area contributed by atoms with Crippen LogP contribution in [0.3, 0.4) is 0 Å². The second kappa shape index (κ2) is 4.21. The van der Waals surface area contributed by atoms with Crippen LogP contribution in [0.15, 0.2) is 12.1 Å². The molecule has 0 aliphatic rings. The Balaban J connectivity index is 3.27. The van der Waals surface area contributed by atoms with E-state index in [0.717, 1.165) is 12.1 Å². The summed E-state index contributed by atoms with van der Waals surface area (Å²) in [6, 6.07) is 1.97. The zero-order valence-corrected chi connectivity index (χ0v) is 10.2. The van der Waals surface area contributed by atoms with Crippen LogP contribution in [0.25, 0.3) is 0 Å². The molecule has 0 radical (unpaired) electrons. The summed E-state index contributed by atoms with van der Waals surface area (Å²) in [4.78, 5) is 10.8. The van der Waals surface area contributed by atoms with Gasteiger partial charge in [0.05, 0.1) is 0 Å². The number of nitrogens with one attached hydrogen (secondary N) is 1. The number of aromatic hydroxyl groups is 1. The molecule has 0 aliphatic carbocycles. The fraction of sp³-hybridized carbons (Fsp3) is 0.125. The Kier molecular flexibility index (Phi) is 3.32. The predicted molar refractivity (Wildman–Crippen MR) is 57.3 cm³/mol. The summed E-state index contributed by atoms with van der Waals surface area (Å²) in [5.74, 6) is -0.995. The molecular formula is C8H11AsN2O5. The first-order valence-electron chi connectivity index (χ1n) is 4.18. The van der Waals surface area contributed by atoms with Gasteiger partial charge in [0.2, 0.25) is 0 Å². The number of nitrogen functional groups attached to an aromatic ring is 1. The van der Waals surface area contributed by atoms with E-state index in [1.807, 2.05) is 0 Å². The molecule has 1 amide bonds. The molecule has 0 saturated carbocycles. The molecule has 0 saturated heterocycles. The molecule has 7 nitrogen and oxygen atoms in total. The molecule has 1 aromatic carbocycles. The Labute approximate surface area is 93.9 Å². The Morgan fingerprint density at radius 3 is 2.44 bits per heavy atom. The topological polar surface area (TPSA) is 133 Å². The number of benzene rings is 1. The third kappa shape index (κ3) is 2.79. The van der Waals surface area contributed by atoms with Gasteiger partial charge < -0.3 is 0 Å². The maximum absolute atomic E-state index is 11.0. The molecule has 0 fully saturated rings. The van der Waals surface area contributed by atoms with E-state index in [0.29, 0.717) is 0 Å². The van der Waals surface area contributed by atoms with Crippen molar-refractivity contribution in [3.05, 3.63) is 12.1 Å². The van der Waals surface area contributed by atoms with Crippen LogP contribution in [0, 0.1) is 0 Å². The van der Waals surface area contributed by atoms with Gasteiger partial charge in [0, 0.05) is 0 Å². The second-order valence-corrected chi connectivity index (χ2v) is 6.45. The number of rotatable bonds is 2. The van der Waals surface area contributed by atoms with Crippen LogP contribution in [0.2, 0.25) is 0 Å². The van der Waals surface area contributed by atoms with E-state index in [9.17, 15) is 13.6 Å². The van der Waals surface area contributed by atoms with Gasteiger partial charge in [-0.15, -0.1) is 0 Å². The zero-order chi connectivity index (χ0) is 12.5. The van der Waals surface area contributed by atoms with Gasteiger partial charge in [0.25, 0.3) is 0 Å². The molecule has 0 aliphatic heterocycles. The number of hydrogen-bond acceptors (Lipinski definition) is 4. The molecule has 0 aromatic heterocycles. The molecule has 88 valence electrons. The van der Waals surface area contributed by atoms with Gasteiger partial charge in [0.15, 0.2) is 0 Å². The zero-order valence-electron chi connectivity index (χ0n) is 8.34. The summed E-state index contributed by atoms with van der Waals surface area (Å²) in [6.45, 7) is 1.25. The molecule has 0 atom stereocenters. The van der Waals surface area contributed by atoms with Crippen molar-refractivity contribution in [3.63, 3.8) is 0 Å². The summed E-state index contributed by atoms with van der Waals surface area (Å²) in [5.41, 5.74) is 5.56. The van der Waals surface area contributed by atoms with Crippen LogP contribution in [0.4, 0.5) is 11.4 Å². The van der Waals surface area contributed by atoms with Gasteiger partial charge in [-0.3, -0.25) is 0 Å². The standard InChI is InChI=1S/C8H11AsN2O5/c1-4(12)11-7-3-8(13)5(2-6(7)10)9(14,15)16/h2-3,13H,10H2,1H3,(H,11,12)(H2,14,15,16). The molecule has 0 unspecified atom stereocenters. The van der Waals surface area contributed by atoms with Crippen molar-refractivity contribution in [2.75, 3.05) is 11.1 Å². The molecule has 0 spiro atoms. The molecule has 1 aromatic rings. The number of anilines is 2. The van der Waals surface area contributed by atoms with Gasteiger partial charge >= 0.3 is 93.5 Å². The van der Waals surface area contributed by atoms with Crippen LogP contribution in [0.1, 0.15) is 6.92 Å². The van der Waals surface area contributed by atoms with E-state index in [2.05, 4.69) is 5.32 Å². The van der Waals surface area contributed by atoms with E-state index < -0.39 is 30.2 Å². The normalized spacial score (nSPS) is 11.2. The first-order chi connectivity index (χ1) is 7.21. The Bertz CT molecular complexity index is 482. The molecule has 0 bridgehead atoms. The van der Waals surface area contributed by atoms with Gasteiger partial charge in [-0.25, -0.2) is 0 Å². The number of amides is 1. The number of carbonyl (C=O) groups is 1. The summed E-state index contributed by atoms with van der Waals surface area (Å²) in [7, 11) is 0. The van der Waals surface area contributed by atoms with Crippen molar-refractivity contribution in [1.82, 2.24) is 0 Å². The number of carbonyl (C=O) groups excluding carboxylic acids is 1. The number of phenolic OH excluding ortho intramolecular Hbond substituents is 1. The third-order valence-electron chi connectivity index (χ3n) is 1.77. The van der Waals surface area contributed by atoms with Crippen molar-refractivity contribution >= 4 is 35.8 Å². The minimum absolute atomic E-state index is 0.0206. The first kappa shape index (κ1) is 12.6. The van der Waals surface area contributed by atoms with Crippen molar-refractivity contribution in [1.29, 1.82) is 0 Å². The summed E-state index contributed by atoms with van der Waals surface area (Å²) in [5, 5.41) is 11.7. The number of nitrogens with two attached hydrogens (primary N) is 1. The fourth-order valence-corrected chi connectivity index (χ4v) is 2.53. The number of phenols is 1. The van der Waals surface area contributed by atoms with E-state index >= 15 is 0 Å². The van der Waals surface area contributed by atoms with Crippen molar-refractivity contribution < 1.29 is 21.8 Å². The van der Waals surface area contributed by atoms with Crippen LogP contribution < -0.4 is 15.4 Å². The van der Waals surface area contributed by atoms with E-state index in [1.54, 1.807) is 0 Å². The van der Waals surface area contributed by atoms with Crippen molar-refractivity contribution in [2.45, 2.75) is 6.92 Å². The Morgan fingerprint density at radius 1 is 1.44 bits per heavy atom. The van der Waals surface area contributed by atoms with Crippen LogP contribution in [-0.2, 0) is 8.53 Å². The van der Waals surface area contributed by atoms with E-state index in [1.165, 1.54) is 6.92 Å². The Hall–Kier alpha value is -1.43. The van der Waals surface area contributed by atoms with Crippen LogP contribution in [0.5, 0.6) is 5.75 Å². The predicted octanol–water partition coefficient (Wildman–Crippen LogP) is -1.51. The van der Waals surface area contributed by atoms with Gasteiger partial charge in [-0.2, -0.15) is 0 Å². The van der Waals surface area contributed by atoms with Crippen LogP contribution in [-0.4, -0.2) is 33.4 Å². The van der Waals surface area contributed by atoms with Gasteiger partial charge in [-0.05, 0) is 0 Å². The van der Waals surface area contributed by atoms with Gasteiger partial charge in [-0.1, -0.05) is 0 Å². The average molecular weight is 290 g/mol. The quantitative estimate of drug-likeness (QED) is 0.255. The van der Waals surface area contributed by atoms with Crippen LogP contribution >= 0.6 is 0 Å².